The van der Waals surface area contributed by atoms with E-state index in [4.69, 9.17) is 14.9 Å². The van der Waals surface area contributed by atoms with Crippen LogP contribution in [0.3, 0.4) is 0 Å². The van der Waals surface area contributed by atoms with Crippen molar-refractivity contribution in [3.8, 4) is 5.75 Å². The summed E-state index contributed by atoms with van der Waals surface area (Å²) in [4.78, 5) is 4.35. The molecule has 3 aromatic rings. The maximum atomic E-state index is 5.71. The number of aromatic nitrogens is 1. The molecule has 20 heavy (non-hydrogen) atoms. The van der Waals surface area contributed by atoms with E-state index in [0.717, 1.165) is 16.8 Å². The highest BCUT2D eigenvalue weighted by Gasteiger charge is 2.07. The Morgan fingerprint density at radius 2 is 2.10 bits per heavy atom. The van der Waals surface area contributed by atoms with Crippen LogP contribution in [0.15, 0.2) is 46.9 Å². The fourth-order valence-corrected chi connectivity index (χ4v) is 2.04. The highest BCUT2D eigenvalue weighted by molar-refractivity contribution is 5.78. The molecule has 5 heteroatoms. The van der Waals surface area contributed by atoms with Gasteiger partial charge < -0.3 is 20.2 Å². The Kier molecular flexibility index (Phi) is 3.16. The molecule has 3 N–H and O–H groups in total. The molecule has 102 valence electrons. The van der Waals surface area contributed by atoms with Crippen molar-refractivity contribution in [1.82, 2.24) is 4.98 Å². The molecule has 0 aliphatic rings. The predicted molar refractivity (Wildman–Crippen MR) is 78.7 cm³/mol. The first-order chi connectivity index (χ1) is 9.76. The molecule has 0 aliphatic heterocycles. The lowest BCUT2D eigenvalue weighted by Crippen LogP contribution is -2.01. The van der Waals surface area contributed by atoms with E-state index in [0.29, 0.717) is 23.8 Å². The van der Waals surface area contributed by atoms with E-state index in [2.05, 4.69) is 10.3 Å². The van der Waals surface area contributed by atoms with Gasteiger partial charge in [0.1, 0.15) is 11.3 Å². The second-order valence-corrected chi connectivity index (χ2v) is 4.41. The van der Waals surface area contributed by atoms with Crippen molar-refractivity contribution in [3.63, 3.8) is 0 Å². The van der Waals surface area contributed by atoms with Gasteiger partial charge in [0.15, 0.2) is 5.58 Å². The minimum Gasteiger partial charge on any atom is -0.496 e. The van der Waals surface area contributed by atoms with E-state index < -0.39 is 0 Å². The normalized spacial score (nSPS) is 10.7. The third-order valence-corrected chi connectivity index (χ3v) is 3.04. The molecule has 0 saturated carbocycles. The number of para-hydroxylation sites is 1. The molecule has 0 bridgehead atoms. The zero-order valence-corrected chi connectivity index (χ0v) is 11.1. The van der Waals surface area contributed by atoms with E-state index in [-0.39, 0.29) is 0 Å². The Balaban J connectivity index is 1.79. The van der Waals surface area contributed by atoms with Gasteiger partial charge in [0.05, 0.1) is 7.11 Å². The second kappa shape index (κ2) is 5.13. The lowest BCUT2D eigenvalue weighted by Gasteiger charge is -2.07. The van der Waals surface area contributed by atoms with Crippen molar-refractivity contribution in [2.24, 2.45) is 0 Å². The maximum Gasteiger partial charge on any atom is 0.295 e. The summed E-state index contributed by atoms with van der Waals surface area (Å²) in [6.45, 7) is 0.576. The topological polar surface area (TPSA) is 73.3 Å². The quantitative estimate of drug-likeness (QED) is 0.712. The number of fused-ring (bicyclic) bond motifs is 1. The van der Waals surface area contributed by atoms with Crippen LogP contribution in [0.25, 0.3) is 11.1 Å². The highest BCUT2D eigenvalue weighted by atomic mass is 16.5. The lowest BCUT2D eigenvalue weighted by atomic mass is 10.2. The smallest absolute Gasteiger partial charge is 0.295 e. The minimum absolute atomic E-state index is 0.469. The lowest BCUT2D eigenvalue weighted by molar-refractivity contribution is 0.410. The molecule has 0 unspecified atom stereocenters. The van der Waals surface area contributed by atoms with Gasteiger partial charge in [-0.1, -0.05) is 18.2 Å². The van der Waals surface area contributed by atoms with Gasteiger partial charge in [0.2, 0.25) is 0 Å². The number of anilines is 2. The molecular weight excluding hydrogens is 254 g/mol. The molecule has 1 heterocycles. The zero-order valence-electron chi connectivity index (χ0n) is 11.1. The molecule has 5 nitrogen and oxygen atoms in total. The molecule has 0 atom stereocenters. The average Bonchev–Trinajstić information content (AvgIpc) is 2.87. The summed E-state index contributed by atoms with van der Waals surface area (Å²) in [5, 5.41) is 3.15. The van der Waals surface area contributed by atoms with Crippen LogP contribution in [0.2, 0.25) is 0 Å². The first kappa shape index (κ1) is 12.3. The van der Waals surface area contributed by atoms with Crippen LogP contribution in [0.4, 0.5) is 11.7 Å². The van der Waals surface area contributed by atoms with Crippen LogP contribution in [-0.2, 0) is 6.54 Å². The van der Waals surface area contributed by atoms with Crippen molar-refractivity contribution in [2.45, 2.75) is 6.54 Å². The number of nitrogens with one attached hydrogen (secondary N) is 1. The van der Waals surface area contributed by atoms with Gasteiger partial charge in [-0.2, -0.15) is 4.98 Å². The Hall–Kier alpha value is -2.69. The fourth-order valence-electron chi connectivity index (χ4n) is 2.04. The number of benzene rings is 2. The third-order valence-electron chi connectivity index (χ3n) is 3.04. The van der Waals surface area contributed by atoms with Crippen molar-refractivity contribution in [2.75, 3.05) is 18.2 Å². The summed E-state index contributed by atoms with van der Waals surface area (Å²) >= 11 is 0. The van der Waals surface area contributed by atoms with E-state index in [1.165, 1.54) is 0 Å². The van der Waals surface area contributed by atoms with Crippen molar-refractivity contribution in [1.29, 1.82) is 0 Å². The van der Waals surface area contributed by atoms with Crippen molar-refractivity contribution >= 4 is 22.8 Å². The van der Waals surface area contributed by atoms with Crippen LogP contribution in [-0.4, -0.2) is 12.1 Å². The van der Waals surface area contributed by atoms with Crippen LogP contribution in [0.5, 0.6) is 5.75 Å². The van der Waals surface area contributed by atoms with Gasteiger partial charge in [-0.15, -0.1) is 0 Å². The average molecular weight is 269 g/mol. The number of methoxy groups -OCH3 is 1. The molecule has 0 saturated heterocycles. The van der Waals surface area contributed by atoms with Crippen LogP contribution in [0, 0.1) is 0 Å². The van der Waals surface area contributed by atoms with E-state index in [1.807, 2.05) is 30.3 Å². The Labute approximate surface area is 116 Å². The third kappa shape index (κ3) is 2.38. The summed E-state index contributed by atoms with van der Waals surface area (Å²) in [6.07, 6.45) is 0. The van der Waals surface area contributed by atoms with Gasteiger partial charge in [-0.25, -0.2) is 0 Å². The number of hydrogen-bond acceptors (Lipinski definition) is 5. The molecule has 3 rings (SSSR count). The Morgan fingerprint density at radius 3 is 2.95 bits per heavy atom. The molecule has 0 radical (unpaired) electrons. The van der Waals surface area contributed by atoms with Crippen LogP contribution < -0.4 is 15.8 Å². The summed E-state index contributed by atoms with van der Waals surface area (Å²) < 4.78 is 10.9. The fraction of sp³-hybridized carbons (Fsp3) is 0.133. The molecule has 1 aromatic heterocycles. The number of ether oxygens (including phenoxy) is 1. The van der Waals surface area contributed by atoms with Crippen molar-refractivity contribution < 1.29 is 9.15 Å². The molecule has 0 amide bonds. The molecule has 0 fully saturated rings. The number of hydrogen-bond donors (Lipinski definition) is 2. The minimum atomic E-state index is 0.469. The highest BCUT2D eigenvalue weighted by Crippen LogP contribution is 2.23. The second-order valence-electron chi connectivity index (χ2n) is 4.41. The predicted octanol–water partition coefficient (Wildman–Crippen LogP) is 3.03. The van der Waals surface area contributed by atoms with Crippen molar-refractivity contribution in [3.05, 3.63) is 48.0 Å². The number of nitrogens with two attached hydrogens (primary N) is 1. The van der Waals surface area contributed by atoms with E-state index >= 15 is 0 Å². The van der Waals surface area contributed by atoms with Gasteiger partial charge >= 0.3 is 0 Å². The zero-order chi connectivity index (χ0) is 13.9. The van der Waals surface area contributed by atoms with Gasteiger partial charge in [0, 0.05) is 23.9 Å². The monoisotopic (exact) mass is 269 g/mol. The largest absolute Gasteiger partial charge is 0.496 e. The number of nitrogens with zero attached hydrogens (tertiary/aromatic N) is 1. The summed E-state index contributed by atoms with van der Waals surface area (Å²) in [7, 11) is 1.65. The summed E-state index contributed by atoms with van der Waals surface area (Å²) in [6, 6.07) is 13.7. The van der Waals surface area contributed by atoms with E-state index in [9.17, 15) is 0 Å². The van der Waals surface area contributed by atoms with Gasteiger partial charge in [-0.05, 0) is 18.2 Å². The first-order valence-electron chi connectivity index (χ1n) is 6.28. The van der Waals surface area contributed by atoms with Crippen LogP contribution >= 0.6 is 0 Å². The maximum absolute atomic E-state index is 5.71. The van der Waals surface area contributed by atoms with Gasteiger partial charge in [-0.3, -0.25) is 0 Å². The first-order valence-corrected chi connectivity index (χ1v) is 6.28. The van der Waals surface area contributed by atoms with E-state index in [1.54, 1.807) is 19.2 Å². The Morgan fingerprint density at radius 1 is 1.25 bits per heavy atom. The number of rotatable bonds is 4. The number of nitrogen functional groups attached to an aromatic ring is 1. The summed E-state index contributed by atoms with van der Waals surface area (Å²) in [5.74, 6) is 0.834. The van der Waals surface area contributed by atoms with Crippen LogP contribution in [0.1, 0.15) is 5.56 Å². The molecule has 0 aliphatic carbocycles. The molecule has 2 aromatic carbocycles. The van der Waals surface area contributed by atoms with Gasteiger partial charge in [0.25, 0.3) is 6.01 Å². The standard InChI is InChI=1S/C15H15N3O2/c1-19-13-5-3-2-4-10(13)9-17-15-18-12-7-6-11(16)8-14(12)20-15/h2-8H,9,16H2,1H3,(H,17,18). The molecule has 0 spiro atoms. The number of oxazole rings is 1. The Bertz CT molecular complexity index is 737. The summed E-state index contributed by atoms with van der Waals surface area (Å²) in [5.41, 5.74) is 8.86. The SMILES string of the molecule is COc1ccccc1CNc1nc2ccc(N)cc2o1. The molecular formula is C15H15N3O2.